The Labute approximate surface area is 142 Å². The Hall–Kier alpha value is -1.56. The van der Waals surface area contributed by atoms with Gasteiger partial charge < -0.3 is 20.9 Å². The van der Waals surface area contributed by atoms with Gasteiger partial charge in [-0.1, -0.05) is 12.1 Å². The van der Waals surface area contributed by atoms with Crippen LogP contribution < -0.4 is 15.8 Å². The third-order valence-electron chi connectivity index (χ3n) is 3.29. The molecular formula is C18H26N2O2S. The first kappa shape index (κ1) is 17.8. The molecule has 0 amide bonds. The highest BCUT2D eigenvalue weighted by atomic mass is 32.1. The number of nitrogen functional groups attached to an aromatic ring is 1. The average Bonchev–Trinajstić information content (AvgIpc) is 2.89. The molecule has 4 nitrogen and oxygen atoms in total. The molecule has 4 N–H and O–H groups in total. The Balaban J connectivity index is 1.78. The number of ether oxygens (including phenoxy) is 1. The van der Waals surface area contributed by atoms with Gasteiger partial charge in [0.05, 0.1) is 0 Å². The molecule has 0 spiro atoms. The molecule has 1 aromatic heterocycles. The van der Waals surface area contributed by atoms with E-state index in [-0.39, 0.29) is 12.1 Å². The first-order valence-corrected chi connectivity index (χ1v) is 8.67. The van der Waals surface area contributed by atoms with Crippen LogP contribution in [0.4, 0.5) is 5.69 Å². The van der Waals surface area contributed by atoms with Gasteiger partial charge >= 0.3 is 0 Å². The molecule has 0 aliphatic heterocycles. The van der Waals surface area contributed by atoms with Crippen molar-refractivity contribution in [3.8, 4) is 5.75 Å². The smallest absolute Gasteiger partial charge is 0.119 e. The van der Waals surface area contributed by atoms with Crippen LogP contribution in [0.5, 0.6) is 5.75 Å². The van der Waals surface area contributed by atoms with Crippen molar-refractivity contribution in [1.82, 2.24) is 5.32 Å². The lowest BCUT2D eigenvalue weighted by Gasteiger charge is -2.23. The molecule has 1 atom stereocenters. The maximum absolute atomic E-state index is 9.93. The maximum atomic E-state index is 9.93. The Morgan fingerprint density at radius 2 is 1.96 bits per heavy atom. The highest BCUT2D eigenvalue weighted by Gasteiger charge is 2.12. The van der Waals surface area contributed by atoms with Crippen LogP contribution in [0.1, 0.15) is 31.2 Å². The van der Waals surface area contributed by atoms with Gasteiger partial charge in [0.1, 0.15) is 18.5 Å². The van der Waals surface area contributed by atoms with Crippen molar-refractivity contribution in [2.45, 2.75) is 38.8 Å². The molecule has 5 heteroatoms. The molecule has 1 aromatic carbocycles. The molecule has 0 bridgehead atoms. The van der Waals surface area contributed by atoms with Gasteiger partial charge in [-0.15, -0.1) is 11.3 Å². The van der Waals surface area contributed by atoms with Gasteiger partial charge in [0.2, 0.25) is 0 Å². The Kier molecular flexibility index (Phi) is 6.04. The van der Waals surface area contributed by atoms with Gasteiger partial charge in [0, 0.05) is 34.4 Å². The number of nitrogens with two attached hydrogens (primary N) is 1. The highest BCUT2D eigenvalue weighted by molar-refractivity contribution is 7.10. The van der Waals surface area contributed by atoms with Gasteiger partial charge in [0.15, 0.2) is 0 Å². The quantitative estimate of drug-likeness (QED) is 0.728. The number of anilines is 1. The third kappa shape index (κ3) is 6.60. The summed E-state index contributed by atoms with van der Waals surface area (Å²) in [6.07, 6.45) is 0.350. The van der Waals surface area contributed by atoms with E-state index in [1.165, 1.54) is 10.4 Å². The summed E-state index contributed by atoms with van der Waals surface area (Å²) in [7, 11) is 0. The van der Waals surface area contributed by atoms with Gasteiger partial charge in [0.25, 0.3) is 0 Å². The molecule has 0 saturated heterocycles. The lowest BCUT2D eigenvalue weighted by molar-refractivity contribution is 0.100. The maximum Gasteiger partial charge on any atom is 0.119 e. The molecule has 0 saturated carbocycles. The van der Waals surface area contributed by atoms with E-state index in [0.29, 0.717) is 6.54 Å². The molecule has 0 aliphatic rings. The van der Waals surface area contributed by atoms with Gasteiger partial charge in [-0.2, -0.15) is 0 Å². The fourth-order valence-corrected chi connectivity index (χ4v) is 2.88. The summed E-state index contributed by atoms with van der Waals surface area (Å²) in [5, 5.41) is 15.1. The predicted molar refractivity (Wildman–Crippen MR) is 97.2 cm³/mol. The van der Waals surface area contributed by atoms with Crippen molar-refractivity contribution >= 4 is 17.0 Å². The zero-order chi connectivity index (χ0) is 16.9. The van der Waals surface area contributed by atoms with E-state index in [1.54, 1.807) is 11.3 Å². The van der Waals surface area contributed by atoms with Crippen molar-refractivity contribution in [3.63, 3.8) is 0 Å². The molecule has 1 unspecified atom stereocenters. The summed E-state index contributed by atoms with van der Waals surface area (Å²) in [5.41, 5.74) is 7.77. The number of β-amino-alcohol motifs (C(OH)–C–C–N with tert-alkyl or cyclic N) is 1. The summed E-state index contributed by atoms with van der Waals surface area (Å²) < 4.78 is 5.63. The molecule has 0 aliphatic carbocycles. The second kappa shape index (κ2) is 7.81. The molecule has 2 rings (SSSR count). The summed E-state index contributed by atoms with van der Waals surface area (Å²) in [6, 6.07) is 9.98. The second-order valence-electron chi connectivity index (χ2n) is 6.76. The average molecular weight is 334 g/mol. The molecule has 0 radical (unpaired) electrons. The van der Waals surface area contributed by atoms with Crippen LogP contribution in [0.3, 0.4) is 0 Å². The number of benzene rings is 1. The first-order chi connectivity index (χ1) is 10.8. The van der Waals surface area contributed by atoms with Crippen LogP contribution >= 0.6 is 11.3 Å². The Morgan fingerprint density at radius 3 is 2.52 bits per heavy atom. The second-order valence-corrected chi connectivity index (χ2v) is 7.76. The van der Waals surface area contributed by atoms with Gasteiger partial charge in [-0.05, 0) is 44.5 Å². The number of nitrogens with one attached hydrogen (secondary N) is 1. The summed E-state index contributed by atoms with van der Waals surface area (Å²) in [5.74, 6) is 0.772. The summed E-state index contributed by atoms with van der Waals surface area (Å²) in [4.78, 5) is 1.25. The van der Waals surface area contributed by atoms with Crippen LogP contribution in [0.15, 0.2) is 35.7 Å². The molecule has 23 heavy (non-hydrogen) atoms. The topological polar surface area (TPSA) is 67.5 Å². The lowest BCUT2D eigenvalue weighted by Crippen LogP contribution is -2.42. The Morgan fingerprint density at radius 1 is 1.26 bits per heavy atom. The number of aliphatic hydroxyl groups excluding tert-OH is 1. The number of hydrogen-bond acceptors (Lipinski definition) is 5. The fourth-order valence-electron chi connectivity index (χ4n) is 2.07. The van der Waals surface area contributed by atoms with Crippen molar-refractivity contribution in [3.05, 3.63) is 46.2 Å². The van der Waals surface area contributed by atoms with Crippen LogP contribution in [-0.4, -0.2) is 29.9 Å². The lowest BCUT2D eigenvalue weighted by atomic mass is 10.1. The molecular weight excluding hydrogens is 308 g/mol. The van der Waals surface area contributed by atoms with E-state index in [1.807, 2.05) is 35.7 Å². The van der Waals surface area contributed by atoms with Crippen LogP contribution in [0.25, 0.3) is 0 Å². The Bertz CT molecular complexity index is 602. The number of rotatable bonds is 7. The highest BCUT2D eigenvalue weighted by Crippen LogP contribution is 2.21. The zero-order valence-corrected chi connectivity index (χ0v) is 14.8. The van der Waals surface area contributed by atoms with Gasteiger partial charge in [-0.3, -0.25) is 0 Å². The molecule has 126 valence electrons. The van der Waals surface area contributed by atoms with Crippen molar-refractivity contribution < 1.29 is 9.84 Å². The van der Waals surface area contributed by atoms with E-state index < -0.39 is 6.10 Å². The van der Waals surface area contributed by atoms with Crippen molar-refractivity contribution in [1.29, 1.82) is 0 Å². The van der Waals surface area contributed by atoms with E-state index in [4.69, 9.17) is 10.5 Å². The third-order valence-corrected chi connectivity index (χ3v) is 4.24. The number of hydrogen-bond donors (Lipinski definition) is 3. The van der Waals surface area contributed by atoms with Crippen LogP contribution in [0.2, 0.25) is 0 Å². The largest absolute Gasteiger partial charge is 0.491 e. The zero-order valence-electron chi connectivity index (χ0n) is 14.0. The van der Waals surface area contributed by atoms with Crippen LogP contribution in [-0.2, 0) is 6.42 Å². The van der Waals surface area contributed by atoms with Gasteiger partial charge in [-0.25, -0.2) is 0 Å². The fraction of sp³-hybridized carbons (Fsp3) is 0.444. The summed E-state index contributed by atoms with van der Waals surface area (Å²) in [6.45, 7) is 7.01. The minimum atomic E-state index is -0.525. The molecule has 1 heterocycles. The summed E-state index contributed by atoms with van der Waals surface area (Å²) >= 11 is 1.67. The van der Waals surface area contributed by atoms with E-state index in [9.17, 15) is 5.11 Å². The van der Waals surface area contributed by atoms with E-state index in [2.05, 4.69) is 26.1 Å². The van der Waals surface area contributed by atoms with E-state index >= 15 is 0 Å². The predicted octanol–water partition coefficient (Wildman–Crippen LogP) is 3.05. The minimum Gasteiger partial charge on any atom is -0.491 e. The number of aliphatic hydroxyl groups is 1. The standard InChI is InChI=1S/C18H26N2O2S/c1-18(2,3)20-10-15(21)11-22-16-6-4-13(5-7-16)8-17-9-14(19)12-23-17/h4-7,9,12,15,20-21H,8,10-11,19H2,1-3H3. The minimum absolute atomic E-state index is 0.00614. The molecule has 0 fully saturated rings. The monoisotopic (exact) mass is 334 g/mol. The SMILES string of the molecule is CC(C)(C)NCC(O)COc1ccc(Cc2cc(N)cs2)cc1. The van der Waals surface area contributed by atoms with E-state index in [0.717, 1.165) is 17.9 Å². The number of thiophene rings is 1. The normalized spacial score (nSPS) is 13.0. The van der Waals surface area contributed by atoms with Crippen LogP contribution in [0, 0.1) is 0 Å². The van der Waals surface area contributed by atoms with Crippen molar-refractivity contribution in [2.24, 2.45) is 0 Å². The first-order valence-electron chi connectivity index (χ1n) is 7.79. The van der Waals surface area contributed by atoms with Crippen molar-refractivity contribution in [2.75, 3.05) is 18.9 Å². The molecule has 2 aromatic rings.